The number of hydrogen-bond donors (Lipinski definition) is 2. The molecule has 4 aromatic rings. The molecule has 2 N–H and O–H groups in total. The van der Waals surface area contributed by atoms with Crippen molar-refractivity contribution in [1.82, 2.24) is 15.0 Å². The van der Waals surface area contributed by atoms with Gasteiger partial charge in [0.15, 0.2) is 11.5 Å². The van der Waals surface area contributed by atoms with Crippen LogP contribution in [0.4, 0.5) is 0 Å². The molecule has 0 aliphatic heterocycles. The molecular weight excluding hydrogens is 536 g/mol. The Labute approximate surface area is 233 Å². The van der Waals surface area contributed by atoms with Crippen molar-refractivity contribution in [3.63, 3.8) is 0 Å². The standard InChI is InChI=1S/C23H19N3O6S.C5H14NO/c1-31-20-8-5-7-19(22(20)32-2)26-14-18(24-25-26)17-6-3-4-9-21(17)33(29,30)16-12-10-15(11-13-16)23(27)28;1-6(2,3)4-5-7/h3-14H,1-2H3,(H,27,28);7H,4-5H2,1-3H3/q;+1. The molecular formula is C28H33N4O7S+. The molecule has 0 saturated heterocycles. The summed E-state index contributed by atoms with van der Waals surface area (Å²) in [6, 6.07) is 16.8. The van der Waals surface area contributed by atoms with Gasteiger partial charge in [0.2, 0.25) is 9.84 Å². The van der Waals surface area contributed by atoms with Crippen molar-refractivity contribution >= 4 is 15.8 Å². The number of quaternary nitrogens is 1. The molecule has 1 heterocycles. The SMILES string of the molecule is COc1cccc(-n2cc(-c3ccccc3S(=O)(=O)c3ccc(C(=O)O)cc3)nn2)c1OC.C[N+](C)(C)CCO. The lowest BCUT2D eigenvalue weighted by Crippen LogP contribution is -2.36. The van der Waals surface area contributed by atoms with E-state index < -0.39 is 15.8 Å². The van der Waals surface area contributed by atoms with Gasteiger partial charge in [-0.05, 0) is 42.5 Å². The number of ether oxygens (including phenoxy) is 2. The molecule has 11 nitrogen and oxygen atoms in total. The van der Waals surface area contributed by atoms with Gasteiger partial charge in [0.05, 0.1) is 63.5 Å². The fourth-order valence-electron chi connectivity index (χ4n) is 3.67. The lowest BCUT2D eigenvalue weighted by Gasteiger charge is -2.21. The quantitative estimate of drug-likeness (QED) is 0.291. The summed E-state index contributed by atoms with van der Waals surface area (Å²) in [6.45, 7) is 1.11. The zero-order valence-corrected chi connectivity index (χ0v) is 23.8. The third-order valence-electron chi connectivity index (χ3n) is 5.76. The van der Waals surface area contributed by atoms with Gasteiger partial charge in [-0.15, -0.1) is 5.10 Å². The van der Waals surface area contributed by atoms with E-state index in [0.29, 0.717) is 28.4 Å². The van der Waals surface area contributed by atoms with Crippen LogP contribution in [-0.4, -0.2) is 92.6 Å². The molecule has 0 radical (unpaired) electrons. The number of nitrogens with zero attached hydrogens (tertiary/aromatic N) is 4. The molecule has 0 spiro atoms. The summed E-state index contributed by atoms with van der Waals surface area (Å²) in [4.78, 5) is 11.1. The number of carbonyl (C=O) groups is 1. The summed E-state index contributed by atoms with van der Waals surface area (Å²) in [5.41, 5.74) is 1.26. The van der Waals surface area contributed by atoms with Gasteiger partial charge >= 0.3 is 5.97 Å². The highest BCUT2D eigenvalue weighted by molar-refractivity contribution is 7.91. The number of aliphatic hydroxyl groups excluding tert-OH is 1. The maximum absolute atomic E-state index is 13.3. The van der Waals surface area contributed by atoms with E-state index >= 15 is 0 Å². The Hall–Kier alpha value is -4.26. The highest BCUT2D eigenvalue weighted by atomic mass is 32.2. The minimum atomic E-state index is -3.95. The molecule has 1 aromatic heterocycles. The van der Waals surface area contributed by atoms with Crippen LogP contribution in [0.15, 0.2) is 82.7 Å². The Bertz CT molecular complexity index is 1560. The first-order valence-corrected chi connectivity index (χ1v) is 13.6. The predicted molar refractivity (Wildman–Crippen MR) is 149 cm³/mol. The first kappa shape index (κ1) is 30.3. The number of benzene rings is 3. The zero-order chi connectivity index (χ0) is 29.5. The van der Waals surface area contributed by atoms with E-state index in [9.17, 15) is 13.2 Å². The van der Waals surface area contributed by atoms with Crippen LogP contribution in [0.25, 0.3) is 16.9 Å². The molecule has 40 heavy (non-hydrogen) atoms. The van der Waals surface area contributed by atoms with Crippen molar-refractivity contribution < 1.29 is 37.4 Å². The second-order valence-electron chi connectivity index (χ2n) is 9.63. The third kappa shape index (κ3) is 7.03. The summed E-state index contributed by atoms with van der Waals surface area (Å²) >= 11 is 0. The summed E-state index contributed by atoms with van der Waals surface area (Å²) in [7, 11) is 5.24. The zero-order valence-electron chi connectivity index (χ0n) is 23.0. The van der Waals surface area contributed by atoms with Crippen LogP contribution in [0.5, 0.6) is 11.5 Å². The first-order valence-electron chi connectivity index (χ1n) is 12.2. The van der Waals surface area contributed by atoms with Gasteiger partial charge in [-0.2, -0.15) is 0 Å². The Balaban J connectivity index is 0.000000559. The summed E-state index contributed by atoms with van der Waals surface area (Å²) in [5, 5.41) is 25.8. The number of para-hydroxylation sites is 1. The van der Waals surface area contributed by atoms with E-state index in [1.165, 1.54) is 49.2 Å². The Morgan fingerprint density at radius 3 is 2.17 bits per heavy atom. The summed E-state index contributed by atoms with van der Waals surface area (Å²) < 4.78 is 39.8. The van der Waals surface area contributed by atoms with Crippen LogP contribution in [0.1, 0.15) is 10.4 Å². The molecule has 0 saturated carbocycles. The second kappa shape index (κ2) is 12.7. The van der Waals surface area contributed by atoms with Crippen LogP contribution in [0, 0.1) is 0 Å². The van der Waals surface area contributed by atoms with Gasteiger partial charge in [0.25, 0.3) is 0 Å². The molecule has 3 aromatic carbocycles. The molecule has 212 valence electrons. The Morgan fingerprint density at radius 2 is 1.62 bits per heavy atom. The topological polar surface area (TPSA) is 141 Å². The smallest absolute Gasteiger partial charge is 0.335 e. The third-order valence-corrected chi connectivity index (χ3v) is 7.59. The average molecular weight is 570 g/mol. The number of carboxylic acid groups (broad SMARTS) is 1. The van der Waals surface area contributed by atoms with Crippen molar-refractivity contribution in [1.29, 1.82) is 0 Å². The molecule has 4 rings (SSSR count). The van der Waals surface area contributed by atoms with Crippen LogP contribution in [0.3, 0.4) is 0 Å². The van der Waals surface area contributed by atoms with Gasteiger partial charge in [-0.1, -0.05) is 29.5 Å². The number of aromatic nitrogens is 3. The van der Waals surface area contributed by atoms with Crippen LogP contribution >= 0.6 is 0 Å². The minimum Gasteiger partial charge on any atom is -0.493 e. The van der Waals surface area contributed by atoms with Gasteiger partial charge in [0.1, 0.15) is 17.9 Å². The van der Waals surface area contributed by atoms with Crippen molar-refractivity contribution in [2.75, 3.05) is 48.5 Å². The normalized spacial score (nSPS) is 11.3. The number of likely N-dealkylation sites (N-methyl/N-ethyl adjacent to an activating group) is 1. The van der Waals surface area contributed by atoms with Gasteiger partial charge in [0, 0.05) is 5.56 Å². The Kier molecular flexibility index (Phi) is 9.64. The number of hydrogen-bond acceptors (Lipinski definition) is 8. The van der Waals surface area contributed by atoms with Gasteiger partial charge in [-0.3, -0.25) is 0 Å². The molecule has 0 atom stereocenters. The molecule has 0 aliphatic rings. The number of rotatable bonds is 9. The summed E-state index contributed by atoms with van der Waals surface area (Å²) in [5.74, 6) is -0.167. The monoisotopic (exact) mass is 569 g/mol. The predicted octanol–water partition coefficient (Wildman–Crippen LogP) is 3.17. The minimum absolute atomic E-state index is 0.00239. The second-order valence-corrected chi connectivity index (χ2v) is 11.5. The first-order chi connectivity index (χ1) is 18.9. The molecule has 0 unspecified atom stereocenters. The lowest BCUT2D eigenvalue weighted by molar-refractivity contribution is -0.870. The molecule has 0 amide bonds. The number of sulfone groups is 1. The van der Waals surface area contributed by atoms with Crippen molar-refractivity contribution in [3.05, 3.63) is 78.5 Å². The highest BCUT2D eigenvalue weighted by Gasteiger charge is 2.24. The van der Waals surface area contributed by atoms with Crippen LogP contribution < -0.4 is 9.47 Å². The fourth-order valence-corrected chi connectivity index (χ4v) is 5.14. The maximum atomic E-state index is 13.3. The van der Waals surface area contributed by atoms with Crippen LogP contribution in [-0.2, 0) is 9.84 Å². The van der Waals surface area contributed by atoms with E-state index in [1.807, 2.05) is 0 Å². The van der Waals surface area contributed by atoms with Crippen molar-refractivity contribution in [2.45, 2.75) is 9.79 Å². The molecule has 0 fully saturated rings. The summed E-state index contributed by atoms with van der Waals surface area (Å²) in [6.07, 6.45) is 1.60. The van der Waals surface area contributed by atoms with Crippen molar-refractivity contribution in [2.24, 2.45) is 0 Å². The average Bonchev–Trinajstić information content (AvgIpc) is 3.42. The molecule has 0 aliphatic carbocycles. The number of aliphatic hydroxyl groups is 1. The van der Waals surface area contributed by atoms with E-state index in [4.69, 9.17) is 19.7 Å². The highest BCUT2D eigenvalue weighted by Crippen LogP contribution is 2.35. The number of methoxy groups -OCH3 is 2. The van der Waals surface area contributed by atoms with E-state index in [2.05, 4.69) is 31.5 Å². The molecule has 0 bridgehead atoms. The van der Waals surface area contributed by atoms with E-state index in [-0.39, 0.29) is 22.0 Å². The van der Waals surface area contributed by atoms with Crippen LogP contribution in [0.2, 0.25) is 0 Å². The maximum Gasteiger partial charge on any atom is 0.335 e. The van der Waals surface area contributed by atoms with E-state index in [1.54, 1.807) is 42.6 Å². The van der Waals surface area contributed by atoms with Gasteiger partial charge in [-0.25, -0.2) is 17.9 Å². The fraction of sp³-hybridized carbons (Fsp3) is 0.250. The van der Waals surface area contributed by atoms with Gasteiger partial charge < -0.3 is 24.2 Å². The number of aromatic carboxylic acids is 1. The Morgan fingerprint density at radius 1 is 0.950 bits per heavy atom. The largest absolute Gasteiger partial charge is 0.493 e. The van der Waals surface area contributed by atoms with E-state index in [0.717, 1.165) is 11.0 Å². The lowest BCUT2D eigenvalue weighted by atomic mass is 10.2. The molecule has 12 heteroatoms. The van der Waals surface area contributed by atoms with Crippen molar-refractivity contribution in [3.8, 4) is 28.4 Å². The number of carboxylic acids is 1.